The highest BCUT2D eigenvalue weighted by Gasteiger charge is 2.41. The van der Waals surface area contributed by atoms with Gasteiger partial charge in [-0.3, -0.25) is 4.79 Å². The van der Waals surface area contributed by atoms with E-state index in [9.17, 15) is 14.7 Å². The van der Waals surface area contributed by atoms with E-state index >= 15 is 0 Å². The Bertz CT molecular complexity index is 576. The van der Waals surface area contributed by atoms with Crippen molar-refractivity contribution in [3.05, 3.63) is 29.8 Å². The van der Waals surface area contributed by atoms with Gasteiger partial charge in [0.05, 0.1) is 6.61 Å². The molecule has 1 amide bonds. The number of hydrogen-bond acceptors (Lipinski definition) is 5. The van der Waals surface area contributed by atoms with Crippen molar-refractivity contribution in [2.75, 3.05) is 18.1 Å². The second kappa shape index (κ2) is 6.68. The molecule has 1 saturated heterocycles. The molecule has 126 valence electrons. The molecule has 6 nitrogen and oxygen atoms in total. The van der Waals surface area contributed by atoms with Gasteiger partial charge in [-0.15, -0.1) is 0 Å². The lowest BCUT2D eigenvalue weighted by molar-refractivity contribution is -0.177. The molecule has 1 aliphatic heterocycles. The summed E-state index contributed by atoms with van der Waals surface area (Å²) in [4.78, 5) is 26.0. The van der Waals surface area contributed by atoms with Crippen LogP contribution < -0.4 is 4.90 Å². The summed E-state index contributed by atoms with van der Waals surface area (Å²) in [5.41, 5.74) is 1.05. The summed E-state index contributed by atoms with van der Waals surface area (Å²) in [7, 11) is 0. The quantitative estimate of drug-likeness (QED) is 0.852. The molecule has 23 heavy (non-hydrogen) atoms. The average Bonchev–Trinajstić information content (AvgIpc) is 2.46. The van der Waals surface area contributed by atoms with Crippen molar-refractivity contribution in [1.29, 1.82) is 0 Å². The number of carbonyl (C=O) groups excluding carboxylic acids is 2. The maximum absolute atomic E-state index is 12.6. The van der Waals surface area contributed by atoms with Crippen LogP contribution in [0, 0.1) is 6.92 Å². The fourth-order valence-electron chi connectivity index (χ4n) is 2.30. The van der Waals surface area contributed by atoms with Crippen LogP contribution >= 0.6 is 0 Å². The number of rotatable bonds is 3. The Morgan fingerprint density at radius 1 is 1.35 bits per heavy atom. The summed E-state index contributed by atoms with van der Waals surface area (Å²) in [6, 6.07) is 7.46. The van der Waals surface area contributed by atoms with Gasteiger partial charge in [0.15, 0.2) is 12.2 Å². The maximum Gasteiger partial charge on any atom is 0.338 e. The molecular weight excluding hydrogens is 298 g/mol. The number of carbonyl (C=O) groups is 2. The third kappa shape index (κ3) is 4.30. The van der Waals surface area contributed by atoms with Gasteiger partial charge in [-0.25, -0.2) is 4.79 Å². The Balaban J connectivity index is 2.13. The average molecular weight is 321 g/mol. The van der Waals surface area contributed by atoms with Crippen LogP contribution in [0.5, 0.6) is 0 Å². The van der Waals surface area contributed by atoms with Gasteiger partial charge in [0.25, 0.3) is 5.91 Å². The molecule has 2 atom stereocenters. The van der Waals surface area contributed by atoms with Gasteiger partial charge < -0.3 is 19.5 Å². The smallest absolute Gasteiger partial charge is 0.338 e. The van der Waals surface area contributed by atoms with Crippen molar-refractivity contribution < 1.29 is 24.2 Å². The number of morpholine rings is 1. The number of aliphatic hydroxyl groups is 1. The number of ether oxygens (including phenoxy) is 2. The second-order valence-electron chi connectivity index (χ2n) is 6.60. The largest absolute Gasteiger partial charge is 0.458 e. The number of aryl methyl sites for hydroxylation is 1. The zero-order valence-electron chi connectivity index (χ0n) is 13.9. The van der Waals surface area contributed by atoms with E-state index in [1.807, 2.05) is 31.2 Å². The van der Waals surface area contributed by atoms with E-state index in [2.05, 4.69) is 0 Å². The Labute approximate surface area is 136 Å². The topological polar surface area (TPSA) is 76.1 Å². The molecule has 0 saturated carbocycles. The SMILES string of the molecule is Cc1ccc(N2CCOC(C(O)C(=O)OC(C)(C)C)C2=O)cc1. The lowest BCUT2D eigenvalue weighted by Crippen LogP contribution is -2.55. The zero-order valence-corrected chi connectivity index (χ0v) is 13.9. The molecule has 0 aliphatic carbocycles. The number of esters is 1. The van der Waals surface area contributed by atoms with E-state index < -0.39 is 29.7 Å². The molecule has 0 radical (unpaired) electrons. The van der Waals surface area contributed by atoms with Gasteiger partial charge in [-0.2, -0.15) is 0 Å². The molecule has 1 heterocycles. The summed E-state index contributed by atoms with van der Waals surface area (Å²) in [5.74, 6) is -1.31. The molecule has 1 N–H and O–H groups in total. The second-order valence-corrected chi connectivity index (χ2v) is 6.60. The molecule has 0 spiro atoms. The van der Waals surface area contributed by atoms with E-state index in [1.165, 1.54) is 4.90 Å². The van der Waals surface area contributed by atoms with Crippen molar-refractivity contribution in [3.8, 4) is 0 Å². The van der Waals surface area contributed by atoms with Gasteiger partial charge in [-0.05, 0) is 39.8 Å². The van der Waals surface area contributed by atoms with E-state index in [1.54, 1.807) is 20.8 Å². The molecule has 2 unspecified atom stereocenters. The molecule has 6 heteroatoms. The van der Waals surface area contributed by atoms with Crippen molar-refractivity contribution in [3.63, 3.8) is 0 Å². The minimum Gasteiger partial charge on any atom is -0.458 e. The normalized spacial score (nSPS) is 20.3. The van der Waals surface area contributed by atoms with Crippen LogP contribution in [0.1, 0.15) is 26.3 Å². The summed E-state index contributed by atoms with van der Waals surface area (Å²) in [6.07, 6.45) is -2.89. The fraction of sp³-hybridized carbons (Fsp3) is 0.529. The van der Waals surface area contributed by atoms with Crippen LogP contribution in [0.4, 0.5) is 5.69 Å². The van der Waals surface area contributed by atoms with Gasteiger partial charge in [-0.1, -0.05) is 17.7 Å². The van der Waals surface area contributed by atoms with Gasteiger partial charge in [0, 0.05) is 12.2 Å². The number of benzene rings is 1. The zero-order chi connectivity index (χ0) is 17.2. The number of anilines is 1. The molecular formula is C17H23NO5. The highest BCUT2D eigenvalue weighted by molar-refractivity contribution is 6.00. The van der Waals surface area contributed by atoms with Crippen LogP contribution in [-0.4, -0.2) is 47.9 Å². The minimum absolute atomic E-state index is 0.240. The fourth-order valence-corrected chi connectivity index (χ4v) is 2.30. The van der Waals surface area contributed by atoms with Crippen LogP contribution in [-0.2, 0) is 19.1 Å². The van der Waals surface area contributed by atoms with Gasteiger partial charge in [0.2, 0.25) is 0 Å². The highest BCUT2D eigenvalue weighted by atomic mass is 16.6. The Morgan fingerprint density at radius 3 is 2.52 bits per heavy atom. The predicted octanol–water partition coefficient (Wildman–Crippen LogP) is 1.43. The number of hydrogen-bond donors (Lipinski definition) is 1. The van der Waals surface area contributed by atoms with Crippen LogP contribution in [0.2, 0.25) is 0 Å². The van der Waals surface area contributed by atoms with Crippen molar-refractivity contribution >= 4 is 17.6 Å². The first-order chi connectivity index (χ1) is 10.7. The van der Waals surface area contributed by atoms with E-state index in [0.717, 1.165) is 5.56 Å². The Kier molecular flexibility index (Phi) is 5.06. The molecule has 1 aromatic rings. The van der Waals surface area contributed by atoms with Gasteiger partial charge >= 0.3 is 5.97 Å². The number of amides is 1. The lowest BCUT2D eigenvalue weighted by Gasteiger charge is -2.34. The van der Waals surface area contributed by atoms with E-state index in [0.29, 0.717) is 12.2 Å². The first-order valence-electron chi connectivity index (χ1n) is 7.59. The standard InChI is InChI=1S/C17H23NO5/c1-11-5-7-12(8-6-11)18-9-10-22-14(15(18)20)13(19)16(21)23-17(2,3)4/h5-8,13-14,19H,9-10H2,1-4H3. The van der Waals surface area contributed by atoms with Crippen molar-refractivity contribution in [2.45, 2.75) is 45.5 Å². The molecule has 2 rings (SSSR count). The molecule has 0 aromatic heterocycles. The molecule has 1 aromatic carbocycles. The Morgan fingerprint density at radius 2 is 1.96 bits per heavy atom. The first-order valence-corrected chi connectivity index (χ1v) is 7.59. The number of nitrogens with zero attached hydrogens (tertiary/aromatic N) is 1. The van der Waals surface area contributed by atoms with E-state index in [4.69, 9.17) is 9.47 Å². The molecule has 1 fully saturated rings. The van der Waals surface area contributed by atoms with Crippen molar-refractivity contribution in [1.82, 2.24) is 0 Å². The third-order valence-electron chi connectivity index (χ3n) is 3.40. The van der Waals surface area contributed by atoms with Crippen molar-refractivity contribution in [2.24, 2.45) is 0 Å². The van der Waals surface area contributed by atoms with Crippen LogP contribution in [0.15, 0.2) is 24.3 Å². The third-order valence-corrected chi connectivity index (χ3v) is 3.40. The van der Waals surface area contributed by atoms with Gasteiger partial charge in [0.1, 0.15) is 5.60 Å². The van der Waals surface area contributed by atoms with Crippen LogP contribution in [0.25, 0.3) is 0 Å². The monoisotopic (exact) mass is 321 g/mol. The van der Waals surface area contributed by atoms with Crippen LogP contribution in [0.3, 0.4) is 0 Å². The highest BCUT2D eigenvalue weighted by Crippen LogP contribution is 2.22. The summed E-state index contributed by atoms with van der Waals surface area (Å²) in [5, 5.41) is 10.1. The molecule has 0 bridgehead atoms. The summed E-state index contributed by atoms with van der Waals surface area (Å²) >= 11 is 0. The molecule has 1 aliphatic rings. The Hall–Kier alpha value is -1.92. The minimum atomic E-state index is -1.64. The maximum atomic E-state index is 12.6. The number of aliphatic hydroxyl groups excluding tert-OH is 1. The summed E-state index contributed by atoms with van der Waals surface area (Å²) < 4.78 is 10.4. The predicted molar refractivity (Wildman–Crippen MR) is 85.1 cm³/mol. The summed E-state index contributed by atoms with van der Waals surface area (Å²) in [6.45, 7) is 7.66. The first kappa shape index (κ1) is 17.4. The lowest BCUT2D eigenvalue weighted by atomic mass is 10.1. The van der Waals surface area contributed by atoms with E-state index in [-0.39, 0.29) is 6.61 Å².